The summed E-state index contributed by atoms with van der Waals surface area (Å²) in [5.41, 5.74) is 0.312. The maximum atomic E-state index is 13.7. The van der Waals surface area contributed by atoms with E-state index in [0.29, 0.717) is 19.0 Å². The molecule has 1 fully saturated rings. The van der Waals surface area contributed by atoms with Gasteiger partial charge in [0.15, 0.2) is 11.5 Å². The summed E-state index contributed by atoms with van der Waals surface area (Å²) in [7, 11) is -5.29. The number of carbonyl (C=O) groups excluding carboxylic acids is 1. The molecule has 1 amide bonds. The van der Waals surface area contributed by atoms with Gasteiger partial charge in [-0.2, -0.15) is 4.31 Å². The first-order valence-corrected chi connectivity index (χ1v) is 14.9. The van der Waals surface area contributed by atoms with Gasteiger partial charge in [0.2, 0.25) is 15.9 Å². The van der Waals surface area contributed by atoms with E-state index in [2.05, 4.69) is 5.32 Å². The Morgan fingerprint density at radius 2 is 1.50 bits per heavy atom. The lowest BCUT2D eigenvalue weighted by Crippen LogP contribution is -2.40. The number of ether oxygens (including phenoxy) is 3. The second-order valence-electron chi connectivity index (χ2n) is 8.59. The van der Waals surface area contributed by atoms with Crippen LogP contribution in [0.5, 0.6) is 11.5 Å². The first kappa shape index (κ1) is 29.3. The third kappa shape index (κ3) is 6.36. The first-order chi connectivity index (χ1) is 19.1. The van der Waals surface area contributed by atoms with Crippen molar-refractivity contribution in [3.8, 4) is 11.5 Å². The number of morpholine rings is 1. The molecule has 0 aromatic heterocycles. The van der Waals surface area contributed by atoms with Crippen molar-refractivity contribution in [2.45, 2.75) is 9.79 Å². The predicted molar refractivity (Wildman–Crippen MR) is 145 cm³/mol. The van der Waals surface area contributed by atoms with Crippen molar-refractivity contribution in [2.75, 3.05) is 56.7 Å². The van der Waals surface area contributed by atoms with E-state index in [0.717, 1.165) is 16.4 Å². The van der Waals surface area contributed by atoms with Gasteiger partial charge in [0, 0.05) is 24.8 Å². The van der Waals surface area contributed by atoms with Gasteiger partial charge in [-0.3, -0.25) is 9.10 Å². The average Bonchev–Trinajstić information content (AvgIpc) is 2.96. The van der Waals surface area contributed by atoms with Crippen molar-refractivity contribution in [3.63, 3.8) is 0 Å². The molecule has 40 heavy (non-hydrogen) atoms. The second kappa shape index (κ2) is 12.2. The van der Waals surface area contributed by atoms with Crippen molar-refractivity contribution < 1.29 is 40.2 Å². The lowest BCUT2D eigenvalue weighted by molar-refractivity contribution is -0.114. The summed E-state index contributed by atoms with van der Waals surface area (Å²) in [4.78, 5) is 12.9. The number of anilines is 2. The highest BCUT2D eigenvalue weighted by Gasteiger charge is 2.29. The molecule has 214 valence electrons. The highest BCUT2D eigenvalue weighted by atomic mass is 32.2. The van der Waals surface area contributed by atoms with E-state index >= 15 is 0 Å². The number of sulfonamides is 2. The van der Waals surface area contributed by atoms with Crippen LogP contribution in [0.2, 0.25) is 0 Å². The highest BCUT2D eigenvalue weighted by molar-refractivity contribution is 7.92. The van der Waals surface area contributed by atoms with Crippen LogP contribution in [0.4, 0.5) is 15.8 Å². The molecule has 4 rings (SSSR count). The van der Waals surface area contributed by atoms with Crippen LogP contribution in [0, 0.1) is 5.82 Å². The Morgan fingerprint density at radius 3 is 2.10 bits per heavy atom. The van der Waals surface area contributed by atoms with Crippen molar-refractivity contribution >= 4 is 37.3 Å². The van der Waals surface area contributed by atoms with Crippen molar-refractivity contribution in [3.05, 3.63) is 72.5 Å². The van der Waals surface area contributed by atoms with Crippen LogP contribution in [0.1, 0.15) is 0 Å². The molecular formula is C26H28FN3O8S2. The van der Waals surface area contributed by atoms with Crippen LogP contribution in [-0.2, 0) is 29.6 Å². The fourth-order valence-electron chi connectivity index (χ4n) is 4.00. The van der Waals surface area contributed by atoms with E-state index in [4.69, 9.17) is 14.2 Å². The number of nitrogens with zero attached hydrogens (tertiary/aromatic N) is 2. The number of hydrogen-bond acceptors (Lipinski definition) is 8. The quantitative estimate of drug-likeness (QED) is 0.380. The van der Waals surface area contributed by atoms with Gasteiger partial charge in [-0.1, -0.05) is 0 Å². The fraction of sp³-hybridized carbons (Fsp3) is 0.269. The summed E-state index contributed by atoms with van der Waals surface area (Å²) >= 11 is 0. The molecule has 0 bridgehead atoms. The number of halogens is 1. The third-order valence-electron chi connectivity index (χ3n) is 6.09. The minimum absolute atomic E-state index is 0.0522. The number of methoxy groups -OCH3 is 2. The molecule has 0 radical (unpaired) electrons. The summed E-state index contributed by atoms with van der Waals surface area (Å²) in [6.07, 6.45) is 0. The van der Waals surface area contributed by atoms with E-state index < -0.39 is 38.3 Å². The first-order valence-electron chi connectivity index (χ1n) is 12.0. The molecule has 0 spiro atoms. The van der Waals surface area contributed by atoms with Gasteiger partial charge >= 0.3 is 0 Å². The molecule has 0 unspecified atom stereocenters. The number of nitrogens with one attached hydrogen (secondary N) is 1. The Kier molecular flexibility index (Phi) is 8.93. The number of benzene rings is 3. The normalized spacial score (nSPS) is 14.4. The maximum absolute atomic E-state index is 13.7. The van der Waals surface area contributed by atoms with Gasteiger partial charge in [0.05, 0.1) is 42.9 Å². The molecule has 1 N–H and O–H groups in total. The second-order valence-corrected chi connectivity index (χ2v) is 12.4. The maximum Gasteiger partial charge on any atom is 0.264 e. The minimum atomic E-state index is -4.33. The van der Waals surface area contributed by atoms with E-state index in [1.54, 1.807) is 0 Å². The Bertz CT molecular complexity index is 1560. The van der Waals surface area contributed by atoms with Crippen LogP contribution < -0.4 is 19.1 Å². The SMILES string of the molecule is COc1ccc(S(=O)(=O)N(CC(=O)Nc2ccc(S(=O)(=O)N3CCOCC3)cc2)c2ccc(F)cc2)cc1OC. The Balaban J connectivity index is 1.57. The molecule has 3 aromatic carbocycles. The van der Waals surface area contributed by atoms with Gasteiger partial charge < -0.3 is 19.5 Å². The van der Waals surface area contributed by atoms with E-state index in [1.807, 2.05) is 0 Å². The van der Waals surface area contributed by atoms with Crippen molar-refractivity contribution in [1.29, 1.82) is 0 Å². The average molecular weight is 594 g/mol. The molecule has 1 saturated heterocycles. The van der Waals surface area contributed by atoms with E-state index in [1.165, 1.54) is 73.1 Å². The van der Waals surface area contributed by atoms with Crippen LogP contribution in [0.3, 0.4) is 0 Å². The summed E-state index contributed by atoms with van der Waals surface area (Å²) in [6.45, 7) is 0.452. The molecule has 14 heteroatoms. The number of carbonyl (C=O) groups is 1. The standard InChI is InChI=1S/C26H28FN3O8S2/c1-36-24-12-11-23(17-25(24)37-2)40(34,35)30(21-7-3-19(27)4-8-21)18-26(31)28-20-5-9-22(10-6-20)39(32,33)29-13-15-38-16-14-29/h3-12,17H,13-16,18H2,1-2H3,(H,28,31). The minimum Gasteiger partial charge on any atom is -0.493 e. The van der Waals surface area contributed by atoms with Crippen LogP contribution in [0.25, 0.3) is 0 Å². The van der Waals surface area contributed by atoms with E-state index in [-0.39, 0.29) is 40.0 Å². The van der Waals surface area contributed by atoms with Crippen molar-refractivity contribution in [2.24, 2.45) is 0 Å². The van der Waals surface area contributed by atoms with Crippen LogP contribution in [0.15, 0.2) is 76.5 Å². The lowest BCUT2D eigenvalue weighted by atomic mass is 10.3. The largest absolute Gasteiger partial charge is 0.493 e. The topological polar surface area (TPSA) is 132 Å². The van der Waals surface area contributed by atoms with Gasteiger partial charge in [-0.05, 0) is 60.7 Å². The molecule has 0 aliphatic carbocycles. The zero-order chi connectivity index (χ0) is 28.9. The molecule has 3 aromatic rings. The zero-order valence-corrected chi connectivity index (χ0v) is 23.4. The summed E-state index contributed by atoms with van der Waals surface area (Å²) in [5.74, 6) is -0.813. The third-order valence-corrected chi connectivity index (χ3v) is 9.77. The number of amides is 1. The molecule has 1 heterocycles. The Labute approximate surface area is 232 Å². The monoisotopic (exact) mass is 593 g/mol. The van der Waals surface area contributed by atoms with Crippen LogP contribution >= 0.6 is 0 Å². The molecule has 1 aliphatic rings. The molecule has 1 aliphatic heterocycles. The fourth-order valence-corrected chi connectivity index (χ4v) is 6.85. The zero-order valence-electron chi connectivity index (χ0n) is 21.7. The summed E-state index contributed by atoms with van der Waals surface area (Å²) in [6, 6.07) is 14.2. The van der Waals surface area contributed by atoms with Gasteiger partial charge in [0.25, 0.3) is 10.0 Å². The Hall–Kier alpha value is -3.72. The molecule has 11 nitrogen and oxygen atoms in total. The smallest absolute Gasteiger partial charge is 0.264 e. The molecule has 0 saturated carbocycles. The summed E-state index contributed by atoms with van der Waals surface area (Å²) < 4.78 is 84.4. The van der Waals surface area contributed by atoms with Crippen molar-refractivity contribution in [1.82, 2.24) is 4.31 Å². The Morgan fingerprint density at radius 1 is 0.900 bits per heavy atom. The molecular weight excluding hydrogens is 565 g/mol. The van der Waals surface area contributed by atoms with Gasteiger partial charge in [-0.15, -0.1) is 0 Å². The highest BCUT2D eigenvalue weighted by Crippen LogP contribution is 2.32. The molecule has 0 atom stereocenters. The van der Waals surface area contributed by atoms with E-state index in [9.17, 15) is 26.0 Å². The van der Waals surface area contributed by atoms with Gasteiger partial charge in [0.1, 0.15) is 12.4 Å². The summed E-state index contributed by atoms with van der Waals surface area (Å²) in [5, 5.41) is 2.58. The van der Waals surface area contributed by atoms with Gasteiger partial charge in [-0.25, -0.2) is 21.2 Å². The number of rotatable bonds is 10. The lowest BCUT2D eigenvalue weighted by Gasteiger charge is -2.26. The predicted octanol–water partition coefficient (Wildman–Crippen LogP) is 2.70. The van der Waals surface area contributed by atoms with Crippen LogP contribution in [-0.4, -0.2) is 74.1 Å². The number of hydrogen-bond donors (Lipinski definition) is 1.